The maximum Gasteiger partial charge on any atom is 0.417 e. The molecular formula is C16H20ClF3N2O3S. The Morgan fingerprint density at radius 3 is 2.35 bits per heavy atom. The summed E-state index contributed by atoms with van der Waals surface area (Å²) in [7, 11) is -4.09. The van der Waals surface area contributed by atoms with Crippen LogP contribution in [0.2, 0.25) is 5.02 Å². The zero-order valence-electron chi connectivity index (χ0n) is 14.3. The molecule has 0 aliphatic carbocycles. The van der Waals surface area contributed by atoms with Gasteiger partial charge in [-0.15, -0.1) is 0 Å². The Morgan fingerprint density at radius 2 is 1.85 bits per heavy atom. The maximum absolute atomic E-state index is 13.0. The lowest BCUT2D eigenvalue weighted by Gasteiger charge is -2.31. The Labute approximate surface area is 155 Å². The molecule has 1 N–H and O–H groups in total. The molecule has 10 heteroatoms. The molecule has 1 fully saturated rings. The number of amides is 1. The summed E-state index contributed by atoms with van der Waals surface area (Å²) in [6.07, 6.45) is -4.11. The van der Waals surface area contributed by atoms with Gasteiger partial charge in [-0.2, -0.15) is 17.5 Å². The minimum Gasteiger partial charge on any atom is -0.354 e. The van der Waals surface area contributed by atoms with Gasteiger partial charge in [-0.25, -0.2) is 8.42 Å². The smallest absolute Gasteiger partial charge is 0.354 e. The zero-order chi connectivity index (χ0) is 19.7. The molecule has 5 nitrogen and oxygen atoms in total. The standard InChI is InChI=1S/C16H20ClF3N2O3S/c1-10(2)21-15(23)11-5-7-22(8-6-11)26(24,25)12-3-4-14(17)13(9-12)16(18,19)20/h3-4,9-11H,5-8H2,1-2H3,(H,21,23). The van der Waals surface area contributed by atoms with E-state index in [1.165, 1.54) is 0 Å². The van der Waals surface area contributed by atoms with Crippen molar-refractivity contribution in [3.8, 4) is 0 Å². The van der Waals surface area contributed by atoms with Gasteiger partial charge < -0.3 is 5.32 Å². The molecule has 0 spiro atoms. The van der Waals surface area contributed by atoms with Crippen LogP contribution in [0, 0.1) is 5.92 Å². The predicted molar refractivity (Wildman–Crippen MR) is 91.2 cm³/mol. The number of sulfonamides is 1. The number of hydrogen-bond donors (Lipinski definition) is 1. The second-order valence-corrected chi connectivity index (χ2v) is 8.83. The highest BCUT2D eigenvalue weighted by Crippen LogP contribution is 2.36. The van der Waals surface area contributed by atoms with E-state index in [4.69, 9.17) is 11.6 Å². The van der Waals surface area contributed by atoms with Gasteiger partial charge in [0.25, 0.3) is 0 Å². The zero-order valence-corrected chi connectivity index (χ0v) is 15.9. The molecule has 1 aliphatic rings. The van der Waals surface area contributed by atoms with E-state index in [1.54, 1.807) is 0 Å². The summed E-state index contributed by atoms with van der Waals surface area (Å²) in [4.78, 5) is 11.5. The molecule has 0 bridgehead atoms. The SMILES string of the molecule is CC(C)NC(=O)C1CCN(S(=O)(=O)c2ccc(Cl)c(C(F)(F)F)c2)CC1. The summed E-state index contributed by atoms with van der Waals surface area (Å²) in [5.41, 5.74) is -1.19. The summed E-state index contributed by atoms with van der Waals surface area (Å²) in [5, 5.41) is 2.23. The Kier molecular flexibility index (Phi) is 6.24. The molecule has 0 saturated carbocycles. The van der Waals surface area contributed by atoms with E-state index in [9.17, 15) is 26.4 Å². The van der Waals surface area contributed by atoms with Gasteiger partial charge in [0, 0.05) is 25.0 Å². The third-order valence-corrected chi connectivity index (χ3v) is 6.36. The Bertz CT molecular complexity index is 773. The third-order valence-electron chi connectivity index (χ3n) is 4.14. The fourth-order valence-corrected chi connectivity index (χ4v) is 4.51. The van der Waals surface area contributed by atoms with Crippen molar-refractivity contribution in [2.45, 2.75) is 43.8 Å². The van der Waals surface area contributed by atoms with Crippen LogP contribution in [-0.2, 0) is 21.0 Å². The Morgan fingerprint density at radius 1 is 1.27 bits per heavy atom. The van der Waals surface area contributed by atoms with Crippen LogP contribution in [0.3, 0.4) is 0 Å². The van der Waals surface area contributed by atoms with E-state index in [2.05, 4.69) is 5.32 Å². The van der Waals surface area contributed by atoms with Crippen molar-refractivity contribution in [2.24, 2.45) is 5.92 Å². The van der Waals surface area contributed by atoms with Gasteiger partial charge >= 0.3 is 6.18 Å². The topological polar surface area (TPSA) is 66.5 Å². The molecule has 0 atom stereocenters. The van der Waals surface area contributed by atoms with Crippen LogP contribution in [0.15, 0.2) is 23.1 Å². The van der Waals surface area contributed by atoms with Gasteiger partial charge in [0.15, 0.2) is 0 Å². The minimum atomic E-state index is -4.75. The lowest BCUT2D eigenvalue weighted by atomic mass is 9.97. The predicted octanol–water partition coefficient (Wildman–Crippen LogP) is 3.28. The Hall–Kier alpha value is -1.32. The van der Waals surface area contributed by atoms with Crippen molar-refractivity contribution in [1.29, 1.82) is 0 Å². The minimum absolute atomic E-state index is 0.0147. The molecule has 146 valence electrons. The monoisotopic (exact) mass is 412 g/mol. The van der Waals surface area contributed by atoms with Gasteiger partial charge in [0.1, 0.15) is 0 Å². The first kappa shape index (κ1) is 21.0. The first-order valence-electron chi connectivity index (χ1n) is 8.10. The van der Waals surface area contributed by atoms with E-state index >= 15 is 0 Å². The summed E-state index contributed by atoms with van der Waals surface area (Å²) in [6, 6.07) is 2.53. The summed E-state index contributed by atoms with van der Waals surface area (Å²) >= 11 is 5.54. The van der Waals surface area contributed by atoms with Gasteiger partial charge in [0.05, 0.1) is 15.5 Å². The van der Waals surface area contributed by atoms with E-state index < -0.39 is 31.7 Å². The highest BCUT2D eigenvalue weighted by Gasteiger charge is 2.37. The van der Waals surface area contributed by atoms with Crippen molar-refractivity contribution in [1.82, 2.24) is 9.62 Å². The van der Waals surface area contributed by atoms with Crippen LogP contribution in [0.4, 0.5) is 13.2 Å². The molecule has 0 unspecified atom stereocenters. The van der Waals surface area contributed by atoms with Crippen molar-refractivity contribution in [2.75, 3.05) is 13.1 Å². The van der Waals surface area contributed by atoms with E-state index in [0.717, 1.165) is 16.4 Å². The number of carbonyl (C=O) groups is 1. The highest BCUT2D eigenvalue weighted by molar-refractivity contribution is 7.89. The van der Waals surface area contributed by atoms with Crippen LogP contribution < -0.4 is 5.32 Å². The fraction of sp³-hybridized carbons (Fsp3) is 0.562. The second kappa shape index (κ2) is 7.74. The number of nitrogens with zero attached hydrogens (tertiary/aromatic N) is 1. The molecular weight excluding hydrogens is 393 g/mol. The van der Waals surface area contributed by atoms with Crippen LogP contribution in [0.25, 0.3) is 0 Å². The largest absolute Gasteiger partial charge is 0.417 e. The molecule has 0 aromatic heterocycles. The molecule has 1 aromatic carbocycles. The van der Waals surface area contributed by atoms with Crippen LogP contribution in [0.5, 0.6) is 0 Å². The maximum atomic E-state index is 13.0. The van der Waals surface area contributed by atoms with E-state index in [0.29, 0.717) is 18.9 Å². The first-order chi connectivity index (χ1) is 11.9. The number of rotatable bonds is 4. The molecule has 26 heavy (non-hydrogen) atoms. The summed E-state index contributed by atoms with van der Waals surface area (Å²) < 4.78 is 65.3. The third kappa shape index (κ3) is 4.69. The summed E-state index contributed by atoms with van der Waals surface area (Å²) in [6.45, 7) is 3.80. The number of nitrogens with one attached hydrogen (secondary N) is 1. The van der Waals surface area contributed by atoms with Gasteiger partial charge in [0.2, 0.25) is 15.9 Å². The highest BCUT2D eigenvalue weighted by atomic mass is 35.5. The second-order valence-electron chi connectivity index (χ2n) is 6.48. The number of piperidine rings is 1. The Balaban J connectivity index is 2.16. The van der Waals surface area contributed by atoms with Crippen molar-refractivity contribution in [3.63, 3.8) is 0 Å². The van der Waals surface area contributed by atoms with Gasteiger partial charge in [-0.05, 0) is 44.9 Å². The molecule has 1 amide bonds. The number of hydrogen-bond acceptors (Lipinski definition) is 3. The average molecular weight is 413 g/mol. The number of carbonyl (C=O) groups excluding carboxylic acids is 1. The number of alkyl halides is 3. The molecule has 0 radical (unpaired) electrons. The summed E-state index contributed by atoms with van der Waals surface area (Å²) in [5.74, 6) is -0.442. The molecule has 1 aliphatic heterocycles. The lowest BCUT2D eigenvalue weighted by molar-refractivity contribution is -0.137. The molecule has 1 heterocycles. The quantitative estimate of drug-likeness (QED) is 0.825. The number of benzene rings is 1. The fourth-order valence-electron chi connectivity index (χ4n) is 2.79. The van der Waals surface area contributed by atoms with Crippen molar-refractivity contribution in [3.05, 3.63) is 28.8 Å². The van der Waals surface area contributed by atoms with Crippen LogP contribution in [-0.4, -0.2) is 37.8 Å². The normalized spacial score (nSPS) is 17.5. The van der Waals surface area contributed by atoms with Crippen molar-refractivity contribution < 1.29 is 26.4 Å². The van der Waals surface area contributed by atoms with E-state index in [-0.39, 0.29) is 31.0 Å². The van der Waals surface area contributed by atoms with Crippen molar-refractivity contribution >= 4 is 27.5 Å². The molecule has 2 rings (SSSR count). The average Bonchev–Trinajstić information content (AvgIpc) is 2.53. The van der Waals surface area contributed by atoms with E-state index in [1.807, 2.05) is 13.8 Å². The van der Waals surface area contributed by atoms with Crippen LogP contribution in [0.1, 0.15) is 32.3 Å². The number of halogens is 4. The van der Waals surface area contributed by atoms with Gasteiger partial charge in [-0.1, -0.05) is 11.6 Å². The first-order valence-corrected chi connectivity index (χ1v) is 9.92. The van der Waals surface area contributed by atoms with Gasteiger partial charge in [-0.3, -0.25) is 4.79 Å². The van der Waals surface area contributed by atoms with Crippen LogP contribution >= 0.6 is 11.6 Å². The molecule has 1 aromatic rings. The lowest BCUT2D eigenvalue weighted by Crippen LogP contribution is -2.44. The molecule has 1 saturated heterocycles.